The average molecular weight is 329 g/mol. The molecule has 0 atom stereocenters. The lowest BCUT2D eigenvalue weighted by molar-refractivity contribution is -0.130. The van der Waals surface area contributed by atoms with Crippen LogP contribution in [0.4, 0.5) is 4.39 Å². The Bertz CT molecular complexity index is 857. The summed E-state index contributed by atoms with van der Waals surface area (Å²) in [4.78, 5) is 30.9. The van der Waals surface area contributed by atoms with Crippen LogP contribution in [0.3, 0.4) is 0 Å². The van der Waals surface area contributed by atoms with Gasteiger partial charge in [0.2, 0.25) is 5.91 Å². The monoisotopic (exact) mass is 329 g/mol. The Morgan fingerprint density at radius 2 is 2.21 bits per heavy atom. The zero-order valence-corrected chi connectivity index (χ0v) is 13.7. The molecule has 6 heteroatoms. The molecule has 1 aliphatic rings. The molecular weight excluding hydrogens is 309 g/mol. The number of hydrogen-bond acceptors (Lipinski definition) is 3. The number of hydrogen-bond donors (Lipinski definition) is 0. The van der Waals surface area contributed by atoms with E-state index in [1.165, 1.54) is 29.1 Å². The molecule has 0 radical (unpaired) electrons. The summed E-state index contributed by atoms with van der Waals surface area (Å²) in [5, 5.41) is 0.312. The highest BCUT2D eigenvalue weighted by atomic mass is 19.1. The maximum absolute atomic E-state index is 13.2. The van der Waals surface area contributed by atoms with Gasteiger partial charge in [-0.2, -0.15) is 0 Å². The Labute approximate surface area is 139 Å². The minimum absolute atomic E-state index is 0.0651. The molecule has 0 fully saturated rings. The van der Waals surface area contributed by atoms with Crippen molar-refractivity contribution in [1.82, 2.24) is 14.5 Å². The molecule has 1 aromatic carbocycles. The van der Waals surface area contributed by atoms with Crippen molar-refractivity contribution < 1.29 is 9.18 Å². The molecule has 126 valence electrons. The van der Waals surface area contributed by atoms with Gasteiger partial charge in [0, 0.05) is 18.3 Å². The number of benzene rings is 1. The summed E-state index contributed by atoms with van der Waals surface area (Å²) in [6, 6.07) is 3.85. The quantitative estimate of drug-likeness (QED) is 0.867. The van der Waals surface area contributed by atoms with Crippen molar-refractivity contribution in [1.29, 1.82) is 0 Å². The summed E-state index contributed by atoms with van der Waals surface area (Å²) in [5.41, 5.74) is 1.01. The van der Waals surface area contributed by atoms with Gasteiger partial charge in [0.1, 0.15) is 12.4 Å². The molecule has 1 heterocycles. The molecule has 1 aliphatic carbocycles. The number of likely N-dealkylation sites (N-methyl/N-ethyl adjacent to an activating group) is 1. The topological polar surface area (TPSA) is 55.2 Å². The van der Waals surface area contributed by atoms with Crippen LogP contribution in [0, 0.1) is 5.82 Å². The number of fused-ring (bicyclic) bond motifs is 1. The second-order valence-electron chi connectivity index (χ2n) is 5.92. The molecule has 0 bridgehead atoms. The summed E-state index contributed by atoms with van der Waals surface area (Å²) in [7, 11) is 0. The maximum Gasteiger partial charge on any atom is 0.261 e. The van der Waals surface area contributed by atoms with E-state index in [1.54, 1.807) is 4.90 Å². The highest BCUT2D eigenvalue weighted by molar-refractivity contribution is 5.80. The molecule has 3 rings (SSSR count). The average Bonchev–Trinajstić information content (AvgIpc) is 2.59. The van der Waals surface area contributed by atoms with E-state index in [0.717, 1.165) is 31.4 Å². The van der Waals surface area contributed by atoms with Crippen LogP contribution in [0.2, 0.25) is 0 Å². The lowest BCUT2D eigenvalue weighted by Crippen LogP contribution is -2.36. The third-order valence-corrected chi connectivity index (χ3v) is 4.32. The van der Waals surface area contributed by atoms with Gasteiger partial charge < -0.3 is 4.90 Å². The van der Waals surface area contributed by atoms with E-state index in [2.05, 4.69) is 11.1 Å². The third kappa shape index (κ3) is 3.22. The van der Waals surface area contributed by atoms with Gasteiger partial charge in [-0.3, -0.25) is 14.2 Å². The molecule has 1 aromatic heterocycles. The Morgan fingerprint density at radius 3 is 2.92 bits per heavy atom. The van der Waals surface area contributed by atoms with E-state index in [0.29, 0.717) is 17.4 Å². The third-order valence-electron chi connectivity index (χ3n) is 4.32. The van der Waals surface area contributed by atoms with E-state index < -0.39 is 5.82 Å². The maximum atomic E-state index is 13.2. The number of carbonyl (C=O) groups is 1. The van der Waals surface area contributed by atoms with Gasteiger partial charge in [-0.25, -0.2) is 9.37 Å². The highest BCUT2D eigenvalue weighted by Crippen LogP contribution is 2.21. The molecule has 0 saturated carbocycles. The zero-order valence-electron chi connectivity index (χ0n) is 13.7. The van der Waals surface area contributed by atoms with Crippen LogP contribution in [-0.4, -0.2) is 26.9 Å². The molecular formula is C18H20FN3O2. The van der Waals surface area contributed by atoms with E-state index in [1.807, 2.05) is 6.92 Å². The van der Waals surface area contributed by atoms with Crippen LogP contribution in [0.25, 0.3) is 10.9 Å². The number of allylic oxidation sites excluding steroid dienone is 2. The van der Waals surface area contributed by atoms with Crippen molar-refractivity contribution in [3.05, 3.63) is 52.5 Å². The Balaban J connectivity index is 1.87. The summed E-state index contributed by atoms with van der Waals surface area (Å²) < 4.78 is 14.5. The predicted molar refractivity (Wildman–Crippen MR) is 89.9 cm³/mol. The van der Waals surface area contributed by atoms with E-state index >= 15 is 0 Å². The Morgan fingerprint density at radius 1 is 1.38 bits per heavy atom. The summed E-state index contributed by atoms with van der Waals surface area (Å²) in [6.45, 7) is 2.44. The number of rotatable bonds is 4. The van der Waals surface area contributed by atoms with E-state index in [-0.39, 0.29) is 18.0 Å². The minimum atomic E-state index is -0.440. The molecule has 24 heavy (non-hydrogen) atoms. The first-order chi connectivity index (χ1) is 11.6. The molecule has 2 aromatic rings. The van der Waals surface area contributed by atoms with Crippen molar-refractivity contribution in [3.8, 4) is 0 Å². The first kappa shape index (κ1) is 16.4. The summed E-state index contributed by atoms with van der Waals surface area (Å²) >= 11 is 0. The van der Waals surface area contributed by atoms with Crippen LogP contribution >= 0.6 is 0 Å². The molecule has 0 N–H and O–H groups in total. The first-order valence-electron chi connectivity index (χ1n) is 8.24. The van der Waals surface area contributed by atoms with E-state index in [4.69, 9.17) is 0 Å². The molecule has 1 amide bonds. The largest absolute Gasteiger partial charge is 0.315 e. The zero-order chi connectivity index (χ0) is 17.1. The first-order valence-corrected chi connectivity index (χ1v) is 8.24. The van der Waals surface area contributed by atoms with Gasteiger partial charge in [0.15, 0.2) is 0 Å². The molecule has 0 aliphatic heterocycles. The van der Waals surface area contributed by atoms with Crippen LogP contribution in [0.5, 0.6) is 0 Å². The summed E-state index contributed by atoms with van der Waals surface area (Å²) in [5.74, 6) is -0.569. The molecule has 5 nitrogen and oxygen atoms in total. The fourth-order valence-corrected chi connectivity index (χ4v) is 3.08. The van der Waals surface area contributed by atoms with Crippen molar-refractivity contribution in [2.24, 2.45) is 0 Å². The van der Waals surface area contributed by atoms with Crippen LogP contribution in [0.1, 0.15) is 32.6 Å². The second kappa shape index (κ2) is 6.95. The van der Waals surface area contributed by atoms with Gasteiger partial charge in [-0.1, -0.05) is 6.08 Å². The van der Waals surface area contributed by atoms with Crippen LogP contribution < -0.4 is 5.56 Å². The second-order valence-corrected chi connectivity index (χ2v) is 5.92. The SMILES string of the molecule is CCN(C(=O)Cn1cnc2cc(F)ccc2c1=O)C1=CCCCC1. The fourth-order valence-electron chi connectivity index (χ4n) is 3.08. The van der Waals surface area contributed by atoms with Gasteiger partial charge in [0.05, 0.1) is 17.2 Å². The van der Waals surface area contributed by atoms with Crippen LogP contribution in [0.15, 0.2) is 41.1 Å². The number of amides is 1. The fraction of sp³-hybridized carbons (Fsp3) is 0.389. The van der Waals surface area contributed by atoms with Crippen molar-refractivity contribution in [2.45, 2.75) is 39.2 Å². The minimum Gasteiger partial charge on any atom is -0.315 e. The van der Waals surface area contributed by atoms with Gasteiger partial charge in [-0.15, -0.1) is 0 Å². The van der Waals surface area contributed by atoms with Gasteiger partial charge >= 0.3 is 0 Å². The molecule has 0 unspecified atom stereocenters. The van der Waals surface area contributed by atoms with E-state index in [9.17, 15) is 14.0 Å². The standard InChI is InChI=1S/C18H20FN3O2/c1-2-22(14-6-4-3-5-7-14)17(23)11-21-12-20-16-10-13(19)8-9-15(16)18(21)24/h6,8-10,12H,2-5,7,11H2,1H3. The molecule has 0 spiro atoms. The van der Waals surface area contributed by atoms with Crippen molar-refractivity contribution in [2.75, 3.05) is 6.54 Å². The number of halogens is 1. The smallest absolute Gasteiger partial charge is 0.261 e. The lowest BCUT2D eigenvalue weighted by atomic mass is 10.0. The Hall–Kier alpha value is -2.50. The number of nitrogens with zero attached hydrogens (tertiary/aromatic N) is 3. The number of aromatic nitrogens is 2. The molecule has 0 saturated heterocycles. The lowest BCUT2D eigenvalue weighted by Gasteiger charge is -2.26. The van der Waals surface area contributed by atoms with Gasteiger partial charge in [-0.05, 0) is 44.7 Å². The highest BCUT2D eigenvalue weighted by Gasteiger charge is 2.19. The van der Waals surface area contributed by atoms with Crippen LogP contribution in [-0.2, 0) is 11.3 Å². The van der Waals surface area contributed by atoms with Crippen molar-refractivity contribution >= 4 is 16.8 Å². The Kier molecular flexibility index (Phi) is 4.74. The number of carbonyl (C=O) groups excluding carboxylic acids is 1. The predicted octanol–water partition coefficient (Wildman–Crippen LogP) is 2.84. The van der Waals surface area contributed by atoms with Crippen molar-refractivity contribution in [3.63, 3.8) is 0 Å². The van der Waals surface area contributed by atoms with Gasteiger partial charge in [0.25, 0.3) is 5.56 Å². The normalized spacial score (nSPS) is 14.5. The summed E-state index contributed by atoms with van der Waals surface area (Å²) in [6.07, 6.45) is 7.53.